The van der Waals surface area contributed by atoms with E-state index >= 15 is 0 Å². The second-order valence-electron chi connectivity index (χ2n) is 8.30. The zero-order chi connectivity index (χ0) is 23.2. The van der Waals surface area contributed by atoms with Crippen LogP contribution in [0.3, 0.4) is 0 Å². The first-order chi connectivity index (χ1) is 16.0. The minimum atomic E-state index is -0.330. The highest BCUT2D eigenvalue weighted by molar-refractivity contribution is 6.80. The fraction of sp³-hybridized carbons (Fsp3) is 0.179. The molecule has 1 unspecified atom stereocenters. The predicted molar refractivity (Wildman–Crippen MR) is 140 cm³/mol. The number of benzene rings is 3. The summed E-state index contributed by atoms with van der Waals surface area (Å²) in [6.07, 6.45) is 3.31. The average Bonchev–Trinajstić information content (AvgIpc) is 2.84. The number of hydrogen-bond acceptors (Lipinski definition) is 2. The summed E-state index contributed by atoms with van der Waals surface area (Å²) >= 11 is 13.0. The maximum Gasteiger partial charge on any atom is 0.362 e. The Bertz CT molecular complexity index is 1150. The lowest BCUT2D eigenvalue weighted by Gasteiger charge is -2.24. The Labute approximate surface area is 206 Å². The molecule has 0 fully saturated rings. The van der Waals surface area contributed by atoms with Crippen LogP contribution in [0.25, 0.3) is 0 Å². The van der Waals surface area contributed by atoms with Gasteiger partial charge in [-0.15, -0.1) is 0 Å². The zero-order valence-electron chi connectivity index (χ0n) is 18.8. The molecule has 0 aliphatic heterocycles. The number of aromatic nitrogens is 1. The minimum Gasteiger partial charge on any atom is -0.418 e. The summed E-state index contributed by atoms with van der Waals surface area (Å²) in [6, 6.07) is 28.6. The van der Waals surface area contributed by atoms with Crippen molar-refractivity contribution in [2.75, 3.05) is 0 Å². The van der Waals surface area contributed by atoms with Gasteiger partial charge in [0.15, 0.2) is 0 Å². The van der Waals surface area contributed by atoms with Crippen molar-refractivity contribution in [3.8, 4) is 0 Å². The topological polar surface area (TPSA) is 22.1 Å². The first-order valence-corrected chi connectivity index (χ1v) is 11.9. The normalized spacial score (nSPS) is 11.9. The van der Waals surface area contributed by atoms with Gasteiger partial charge in [-0.3, -0.25) is 4.98 Å². The number of rotatable bonds is 8. The van der Waals surface area contributed by atoms with Crippen molar-refractivity contribution >= 4 is 41.0 Å². The Morgan fingerprint density at radius 3 is 1.94 bits per heavy atom. The molecule has 166 valence electrons. The summed E-state index contributed by atoms with van der Waals surface area (Å²) < 4.78 is 6.84. The molecule has 0 radical (unpaired) electrons. The summed E-state index contributed by atoms with van der Waals surface area (Å²) in [5.41, 5.74) is 6.24. The smallest absolute Gasteiger partial charge is 0.362 e. The molecule has 0 aliphatic rings. The molecule has 1 aromatic heterocycles. The molecule has 0 bridgehead atoms. The van der Waals surface area contributed by atoms with Crippen LogP contribution < -0.4 is 10.9 Å². The largest absolute Gasteiger partial charge is 0.418 e. The van der Waals surface area contributed by atoms with Crippen LogP contribution in [0.15, 0.2) is 91.1 Å². The average molecular weight is 474 g/mol. The van der Waals surface area contributed by atoms with Crippen molar-refractivity contribution in [1.82, 2.24) is 4.98 Å². The van der Waals surface area contributed by atoms with Gasteiger partial charge in [0.05, 0.1) is 11.8 Å². The standard InChI is InChI=1S/C28H26BCl2NO/c1-20-11-14-23(18-25(20)30)29(24-15-12-21(2)26(31)19-24)33-28(27-10-6-7-17-32-27)16-13-22-8-4-3-5-9-22/h3-12,14-15,17-19,28H,13,16H2,1-2H3. The molecule has 2 nitrogen and oxygen atoms in total. The highest BCUT2D eigenvalue weighted by Crippen LogP contribution is 2.24. The zero-order valence-corrected chi connectivity index (χ0v) is 20.4. The second kappa shape index (κ2) is 11.0. The predicted octanol–water partition coefficient (Wildman–Crippen LogP) is 6.50. The molecule has 0 saturated heterocycles. The van der Waals surface area contributed by atoms with Crippen LogP contribution in [0.2, 0.25) is 10.0 Å². The van der Waals surface area contributed by atoms with Gasteiger partial charge in [-0.2, -0.15) is 0 Å². The van der Waals surface area contributed by atoms with Crippen molar-refractivity contribution in [3.63, 3.8) is 0 Å². The van der Waals surface area contributed by atoms with Gasteiger partial charge in [0.25, 0.3) is 0 Å². The number of pyridine rings is 1. The van der Waals surface area contributed by atoms with E-state index in [2.05, 4.69) is 41.4 Å². The van der Waals surface area contributed by atoms with Gasteiger partial charge < -0.3 is 4.65 Å². The molecule has 4 aromatic rings. The highest BCUT2D eigenvalue weighted by Gasteiger charge is 2.28. The lowest BCUT2D eigenvalue weighted by molar-refractivity contribution is 0.198. The van der Waals surface area contributed by atoms with Crippen LogP contribution >= 0.6 is 23.2 Å². The molecule has 0 amide bonds. The molecule has 1 heterocycles. The monoisotopic (exact) mass is 473 g/mol. The van der Waals surface area contributed by atoms with Gasteiger partial charge in [0.2, 0.25) is 0 Å². The minimum absolute atomic E-state index is 0.198. The molecule has 33 heavy (non-hydrogen) atoms. The molecule has 5 heteroatoms. The molecule has 0 N–H and O–H groups in total. The quantitative estimate of drug-likeness (QED) is 0.272. The molecule has 1 atom stereocenters. The third kappa shape index (κ3) is 6.06. The Balaban J connectivity index is 1.71. The molecule has 0 spiro atoms. The van der Waals surface area contributed by atoms with Crippen molar-refractivity contribution < 1.29 is 4.65 Å². The third-order valence-electron chi connectivity index (χ3n) is 5.85. The fourth-order valence-corrected chi connectivity index (χ4v) is 4.23. The van der Waals surface area contributed by atoms with Crippen molar-refractivity contribution in [2.45, 2.75) is 32.8 Å². The van der Waals surface area contributed by atoms with Crippen LogP contribution in [0.5, 0.6) is 0 Å². The first kappa shape index (κ1) is 23.6. The van der Waals surface area contributed by atoms with Gasteiger partial charge in [-0.25, -0.2) is 0 Å². The van der Waals surface area contributed by atoms with Gasteiger partial charge >= 0.3 is 6.92 Å². The fourth-order valence-electron chi connectivity index (χ4n) is 3.85. The Morgan fingerprint density at radius 1 is 0.788 bits per heavy atom. The summed E-state index contributed by atoms with van der Waals surface area (Å²) in [5.74, 6) is 0. The van der Waals surface area contributed by atoms with Crippen LogP contribution in [0.4, 0.5) is 0 Å². The van der Waals surface area contributed by atoms with Crippen LogP contribution in [0.1, 0.15) is 34.9 Å². The Kier molecular flexibility index (Phi) is 7.87. The summed E-state index contributed by atoms with van der Waals surface area (Å²) in [5, 5.41) is 1.44. The van der Waals surface area contributed by atoms with E-state index in [0.717, 1.165) is 50.6 Å². The highest BCUT2D eigenvalue weighted by atomic mass is 35.5. The van der Waals surface area contributed by atoms with Crippen LogP contribution in [0, 0.1) is 13.8 Å². The number of hydrogen-bond donors (Lipinski definition) is 0. The van der Waals surface area contributed by atoms with Crippen molar-refractivity contribution in [3.05, 3.63) is 124 Å². The molecule has 0 saturated carbocycles. The maximum absolute atomic E-state index is 6.84. The molecule has 0 aliphatic carbocycles. The van der Waals surface area contributed by atoms with E-state index in [9.17, 15) is 0 Å². The van der Waals surface area contributed by atoms with Gasteiger partial charge in [-0.1, -0.05) is 83.9 Å². The number of halogens is 2. The van der Waals surface area contributed by atoms with Gasteiger partial charge in [-0.05, 0) is 78.6 Å². The van der Waals surface area contributed by atoms with Crippen LogP contribution in [-0.2, 0) is 11.1 Å². The summed E-state index contributed by atoms with van der Waals surface area (Å²) in [7, 11) is 0. The van der Waals surface area contributed by atoms with E-state index in [0.29, 0.717) is 0 Å². The molecular formula is C28H26BCl2NO. The first-order valence-electron chi connectivity index (χ1n) is 11.1. The molecule has 4 rings (SSSR count). The number of nitrogens with zero attached hydrogens (tertiary/aromatic N) is 1. The maximum atomic E-state index is 6.84. The van der Waals surface area contributed by atoms with Crippen molar-refractivity contribution in [2.24, 2.45) is 0 Å². The molecule has 3 aromatic carbocycles. The molecular weight excluding hydrogens is 448 g/mol. The van der Waals surface area contributed by atoms with E-state index in [4.69, 9.17) is 27.9 Å². The lowest BCUT2D eigenvalue weighted by atomic mass is 9.55. The third-order valence-corrected chi connectivity index (χ3v) is 6.67. The van der Waals surface area contributed by atoms with Crippen molar-refractivity contribution in [1.29, 1.82) is 0 Å². The van der Waals surface area contributed by atoms with E-state index in [1.165, 1.54) is 5.56 Å². The summed E-state index contributed by atoms with van der Waals surface area (Å²) in [4.78, 5) is 4.62. The lowest BCUT2D eigenvalue weighted by Crippen LogP contribution is -2.46. The summed E-state index contributed by atoms with van der Waals surface area (Å²) in [6.45, 7) is 3.67. The van der Waals surface area contributed by atoms with E-state index in [1.54, 1.807) is 0 Å². The van der Waals surface area contributed by atoms with E-state index in [1.807, 2.05) is 68.6 Å². The van der Waals surface area contributed by atoms with Gasteiger partial charge in [0.1, 0.15) is 0 Å². The SMILES string of the molecule is Cc1ccc(B(OC(CCc2ccccc2)c2ccccn2)c2ccc(C)c(Cl)c2)cc1Cl. The van der Waals surface area contributed by atoms with Gasteiger partial charge in [0, 0.05) is 16.2 Å². The van der Waals surface area contributed by atoms with Crippen LogP contribution in [-0.4, -0.2) is 11.9 Å². The second-order valence-corrected chi connectivity index (χ2v) is 9.12. The van der Waals surface area contributed by atoms with E-state index in [-0.39, 0.29) is 13.0 Å². The number of aryl methyl sites for hydroxylation is 3. The van der Waals surface area contributed by atoms with E-state index < -0.39 is 0 Å². The Hall–Kier alpha value is -2.59. The Morgan fingerprint density at radius 2 is 1.39 bits per heavy atom.